The van der Waals surface area contributed by atoms with Crippen molar-refractivity contribution in [3.05, 3.63) is 23.8 Å². The Kier molecular flexibility index (Phi) is 6.53. The molecule has 0 radical (unpaired) electrons. The zero-order valence-electron chi connectivity index (χ0n) is 16.3. The summed E-state index contributed by atoms with van der Waals surface area (Å²) in [6.45, 7) is 12.2. The molecule has 2 rings (SSSR count). The van der Waals surface area contributed by atoms with Crippen LogP contribution in [0.2, 0.25) is 6.32 Å². The fourth-order valence-corrected chi connectivity index (χ4v) is 2.97. The minimum atomic E-state index is -0.514. The van der Waals surface area contributed by atoms with Crippen LogP contribution in [0.4, 0.5) is 8.78 Å². The van der Waals surface area contributed by atoms with Crippen molar-refractivity contribution in [2.75, 3.05) is 13.2 Å². The zero-order valence-corrected chi connectivity index (χ0v) is 16.3. The Bertz CT molecular complexity index is 553. The molecule has 0 spiro atoms. The molecule has 1 aliphatic heterocycles. The van der Waals surface area contributed by atoms with Gasteiger partial charge in [-0.25, -0.2) is 8.78 Å². The van der Waals surface area contributed by atoms with Gasteiger partial charge in [-0.3, -0.25) is 0 Å². The van der Waals surface area contributed by atoms with Crippen molar-refractivity contribution < 1.29 is 18.3 Å². The lowest BCUT2D eigenvalue weighted by molar-refractivity contribution is 0.00721. The summed E-state index contributed by atoms with van der Waals surface area (Å²) >= 11 is 0. The molecule has 0 saturated carbocycles. The molecule has 2 nitrogen and oxygen atoms in total. The van der Waals surface area contributed by atoms with Crippen LogP contribution >= 0.6 is 0 Å². The number of hydrogen-bond donors (Lipinski definition) is 0. The standard InChI is InChI=1S/C20H31BF2O2/c1-19(2,3)20(4,5)8-9-21-18-16(22)11-15(12-17(18)23)25-14-7-6-10-24-13-14/h11-12,14,21H,6-10,13H2,1-5H3. The van der Waals surface area contributed by atoms with E-state index in [9.17, 15) is 8.78 Å². The third-order valence-corrected chi connectivity index (χ3v) is 5.79. The van der Waals surface area contributed by atoms with E-state index in [0.717, 1.165) is 32.2 Å². The van der Waals surface area contributed by atoms with Crippen LogP contribution in [0, 0.1) is 22.5 Å². The van der Waals surface area contributed by atoms with Crippen LogP contribution in [0.25, 0.3) is 0 Å². The Labute approximate surface area is 151 Å². The first kappa shape index (κ1) is 20.2. The maximum Gasteiger partial charge on any atom is 0.165 e. The first-order valence-electron chi connectivity index (χ1n) is 9.32. The van der Waals surface area contributed by atoms with Gasteiger partial charge in [-0.05, 0) is 29.1 Å². The van der Waals surface area contributed by atoms with Crippen molar-refractivity contribution in [2.24, 2.45) is 10.8 Å². The van der Waals surface area contributed by atoms with Crippen molar-refractivity contribution in [1.82, 2.24) is 0 Å². The molecule has 0 N–H and O–H groups in total. The van der Waals surface area contributed by atoms with Gasteiger partial charge in [0.2, 0.25) is 0 Å². The summed E-state index contributed by atoms with van der Waals surface area (Å²) in [6.07, 6.45) is 3.33. The Hall–Kier alpha value is -1.10. The molecule has 1 aromatic carbocycles. The highest BCUT2D eigenvalue weighted by Crippen LogP contribution is 2.41. The summed E-state index contributed by atoms with van der Waals surface area (Å²) in [4.78, 5) is 0. The molecule has 140 valence electrons. The van der Waals surface area contributed by atoms with E-state index in [0.29, 0.717) is 13.9 Å². The molecule has 0 bridgehead atoms. The Morgan fingerprint density at radius 2 is 1.80 bits per heavy atom. The molecule has 0 aliphatic carbocycles. The second-order valence-electron chi connectivity index (χ2n) is 8.81. The average molecular weight is 352 g/mol. The van der Waals surface area contributed by atoms with Crippen LogP contribution in [0.3, 0.4) is 0 Å². The third kappa shape index (κ3) is 5.44. The van der Waals surface area contributed by atoms with Crippen LogP contribution in [0.1, 0.15) is 53.9 Å². The highest BCUT2D eigenvalue weighted by Gasteiger charge is 2.32. The van der Waals surface area contributed by atoms with Gasteiger partial charge in [0.25, 0.3) is 0 Å². The van der Waals surface area contributed by atoms with Gasteiger partial charge >= 0.3 is 0 Å². The summed E-state index contributed by atoms with van der Waals surface area (Å²) in [5, 5.41) is 0. The Morgan fingerprint density at radius 3 is 2.32 bits per heavy atom. The molecule has 5 heteroatoms. The molecule has 0 aromatic heterocycles. The van der Waals surface area contributed by atoms with Crippen LogP contribution in [-0.2, 0) is 4.74 Å². The van der Waals surface area contributed by atoms with Crippen molar-refractivity contribution in [3.8, 4) is 5.75 Å². The molecule has 0 amide bonds. The number of halogens is 2. The van der Waals surface area contributed by atoms with Crippen LogP contribution < -0.4 is 10.2 Å². The molecule has 1 fully saturated rings. The zero-order chi connectivity index (χ0) is 18.7. The molecule has 1 aliphatic rings. The van der Waals surface area contributed by atoms with E-state index in [2.05, 4.69) is 34.6 Å². The number of ether oxygens (including phenoxy) is 2. The molecule has 1 saturated heterocycles. The van der Waals surface area contributed by atoms with Gasteiger partial charge in [0, 0.05) is 18.7 Å². The summed E-state index contributed by atoms with van der Waals surface area (Å²) in [5.74, 6) is -0.773. The smallest absolute Gasteiger partial charge is 0.165 e. The van der Waals surface area contributed by atoms with Gasteiger partial charge in [-0.1, -0.05) is 47.4 Å². The quantitative estimate of drug-likeness (QED) is 0.704. The molecular formula is C20H31BF2O2. The SMILES string of the molecule is CC(C)(C)C(C)(C)CCBc1c(F)cc(OC2CCCOC2)cc1F. The summed E-state index contributed by atoms with van der Waals surface area (Å²) in [5.41, 5.74) is 0.436. The Balaban J connectivity index is 1.97. The minimum Gasteiger partial charge on any atom is -0.488 e. The van der Waals surface area contributed by atoms with Gasteiger partial charge in [-0.2, -0.15) is 0 Å². The van der Waals surface area contributed by atoms with Crippen LogP contribution in [0.15, 0.2) is 12.1 Å². The van der Waals surface area contributed by atoms with E-state index in [4.69, 9.17) is 9.47 Å². The maximum atomic E-state index is 14.4. The number of rotatable bonds is 6. The van der Waals surface area contributed by atoms with Crippen molar-refractivity contribution >= 4 is 12.7 Å². The van der Waals surface area contributed by atoms with Crippen molar-refractivity contribution in [1.29, 1.82) is 0 Å². The molecule has 1 aromatic rings. The highest BCUT2D eigenvalue weighted by atomic mass is 19.1. The largest absolute Gasteiger partial charge is 0.488 e. The van der Waals surface area contributed by atoms with Gasteiger partial charge in [-0.15, -0.1) is 0 Å². The lowest BCUT2D eigenvalue weighted by atomic mass is 9.59. The first-order valence-corrected chi connectivity index (χ1v) is 9.32. The van der Waals surface area contributed by atoms with E-state index in [-0.39, 0.29) is 28.1 Å². The molecule has 1 heterocycles. The molecule has 1 unspecified atom stereocenters. The van der Waals surface area contributed by atoms with E-state index in [1.165, 1.54) is 12.1 Å². The summed E-state index contributed by atoms with van der Waals surface area (Å²) in [6, 6.07) is 2.61. The third-order valence-electron chi connectivity index (χ3n) is 5.79. The van der Waals surface area contributed by atoms with E-state index >= 15 is 0 Å². The molecule has 1 atom stereocenters. The second-order valence-corrected chi connectivity index (χ2v) is 8.81. The first-order chi connectivity index (χ1) is 11.6. The normalized spacial score (nSPS) is 18.9. The van der Waals surface area contributed by atoms with Crippen molar-refractivity contribution in [3.63, 3.8) is 0 Å². The predicted molar refractivity (Wildman–Crippen MR) is 100 cm³/mol. The minimum absolute atomic E-state index is 0.115. The summed E-state index contributed by atoms with van der Waals surface area (Å²) < 4.78 is 39.7. The topological polar surface area (TPSA) is 18.5 Å². The van der Waals surface area contributed by atoms with Gasteiger partial charge in [0.15, 0.2) is 7.28 Å². The monoisotopic (exact) mass is 352 g/mol. The number of benzene rings is 1. The van der Waals surface area contributed by atoms with E-state index in [1.54, 1.807) is 0 Å². The van der Waals surface area contributed by atoms with E-state index < -0.39 is 11.6 Å². The lowest BCUT2D eigenvalue weighted by Gasteiger charge is -2.39. The van der Waals surface area contributed by atoms with Gasteiger partial charge in [0.05, 0.1) is 6.61 Å². The summed E-state index contributed by atoms with van der Waals surface area (Å²) in [7, 11) is 0.407. The average Bonchev–Trinajstić information content (AvgIpc) is 2.50. The number of hydrogen-bond acceptors (Lipinski definition) is 2. The second kappa shape index (κ2) is 8.07. The molecule has 25 heavy (non-hydrogen) atoms. The Morgan fingerprint density at radius 1 is 1.16 bits per heavy atom. The van der Waals surface area contributed by atoms with Crippen LogP contribution in [0.5, 0.6) is 5.75 Å². The fraction of sp³-hybridized carbons (Fsp3) is 0.700. The molecular weight excluding hydrogens is 321 g/mol. The highest BCUT2D eigenvalue weighted by molar-refractivity contribution is 6.53. The van der Waals surface area contributed by atoms with E-state index in [1.807, 2.05) is 0 Å². The van der Waals surface area contributed by atoms with Crippen LogP contribution in [-0.4, -0.2) is 26.6 Å². The predicted octanol–water partition coefficient (Wildman–Crippen LogP) is 4.47. The lowest BCUT2D eigenvalue weighted by Crippen LogP contribution is -2.31. The maximum absolute atomic E-state index is 14.4. The van der Waals surface area contributed by atoms with Gasteiger partial charge < -0.3 is 9.47 Å². The van der Waals surface area contributed by atoms with Crippen molar-refractivity contribution in [2.45, 2.75) is 66.3 Å². The van der Waals surface area contributed by atoms with Gasteiger partial charge in [0.1, 0.15) is 23.5 Å². The fourth-order valence-electron chi connectivity index (χ4n) is 2.97.